The standard InChI is InChI=1S/C11H15Cl2N3O/c1-7-9(12)10(13)16(15-7)6-2-5-14-11(17)8-3-4-8/h8H,2-6H2,1H3,(H,14,17). The average Bonchev–Trinajstić information content (AvgIpc) is 3.11. The second-order valence-electron chi connectivity index (χ2n) is 4.33. The molecule has 1 N–H and O–H groups in total. The van der Waals surface area contributed by atoms with Gasteiger partial charge in [0, 0.05) is 19.0 Å². The molecular formula is C11H15Cl2N3O. The molecule has 1 fully saturated rings. The molecule has 0 radical (unpaired) electrons. The molecule has 6 heteroatoms. The number of aryl methyl sites for hydroxylation is 2. The van der Waals surface area contributed by atoms with Gasteiger partial charge in [0.25, 0.3) is 0 Å². The fourth-order valence-electron chi connectivity index (χ4n) is 1.61. The van der Waals surface area contributed by atoms with Crippen molar-refractivity contribution in [2.24, 2.45) is 5.92 Å². The molecule has 1 aromatic heterocycles. The lowest BCUT2D eigenvalue weighted by molar-refractivity contribution is -0.122. The topological polar surface area (TPSA) is 46.9 Å². The molecule has 4 nitrogen and oxygen atoms in total. The van der Waals surface area contributed by atoms with E-state index in [1.54, 1.807) is 4.68 Å². The van der Waals surface area contributed by atoms with E-state index in [-0.39, 0.29) is 11.8 Å². The summed E-state index contributed by atoms with van der Waals surface area (Å²) in [7, 11) is 0. The van der Waals surface area contributed by atoms with Gasteiger partial charge in [-0.3, -0.25) is 9.48 Å². The van der Waals surface area contributed by atoms with Crippen molar-refractivity contribution in [2.75, 3.05) is 6.54 Å². The van der Waals surface area contributed by atoms with Gasteiger partial charge in [0.1, 0.15) is 10.2 Å². The lowest BCUT2D eigenvalue weighted by atomic mass is 10.3. The van der Waals surface area contributed by atoms with E-state index in [0.717, 1.165) is 25.0 Å². The van der Waals surface area contributed by atoms with Gasteiger partial charge >= 0.3 is 0 Å². The third-order valence-corrected chi connectivity index (χ3v) is 3.72. The Morgan fingerprint density at radius 1 is 1.53 bits per heavy atom. The van der Waals surface area contributed by atoms with Crippen molar-refractivity contribution in [2.45, 2.75) is 32.7 Å². The maximum absolute atomic E-state index is 11.4. The summed E-state index contributed by atoms with van der Waals surface area (Å²) in [5.74, 6) is 0.436. The highest BCUT2D eigenvalue weighted by Gasteiger charge is 2.28. The molecule has 1 saturated carbocycles. The Morgan fingerprint density at radius 2 is 2.24 bits per heavy atom. The predicted molar refractivity (Wildman–Crippen MR) is 67.3 cm³/mol. The summed E-state index contributed by atoms with van der Waals surface area (Å²) >= 11 is 11.9. The SMILES string of the molecule is Cc1nn(CCCNC(=O)C2CC2)c(Cl)c1Cl. The fraction of sp³-hybridized carbons (Fsp3) is 0.636. The summed E-state index contributed by atoms with van der Waals surface area (Å²) in [5.41, 5.74) is 0.735. The van der Waals surface area contributed by atoms with E-state index in [1.165, 1.54) is 0 Å². The fourth-order valence-corrected chi connectivity index (χ4v) is 2.00. The summed E-state index contributed by atoms with van der Waals surface area (Å²) in [4.78, 5) is 11.4. The highest BCUT2D eigenvalue weighted by molar-refractivity contribution is 6.41. The van der Waals surface area contributed by atoms with Crippen molar-refractivity contribution in [3.05, 3.63) is 15.9 Å². The second kappa shape index (κ2) is 5.27. The van der Waals surface area contributed by atoms with Crippen LogP contribution in [-0.2, 0) is 11.3 Å². The molecule has 2 rings (SSSR count). The van der Waals surface area contributed by atoms with Crippen LogP contribution in [-0.4, -0.2) is 22.2 Å². The molecule has 0 aromatic carbocycles. The lowest BCUT2D eigenvalue weighted by Crippen LogP contribution is -2.26. The van der Waals surface area contributed by atoms with Gasteiger partial charge in [-0.15, -0.1) is 0 Å². The van der Waals surface area contributed by atoms with Gasteiger partial charge in [-0.05, 0) is 26.2 Å². The van der Waals surface area contributed by atoms with Crippen LogP contribution in [0.3, 0.4) is 0 Å². The Bertz CT molecular complexity index is 427. The number of hydrogen-bond donors (Lipinski definition) is 1. The van der Waals surface area contributed by atoms with Gasteiger partial charge in [-0.2, -0.15) is 5.10 Å². The van der Waals surface area contributed by atoms with Crippen molar-refractivity contribution in [1.82, 2.24) is 15.1 Å². The first kappa shape index (κ1) is 12.7. The summed E-state index contributed by atoms with van der Waals surface area (Å²) in [6.07, 6.45) is 2.87. The van der Waals surface area contributed by atoms with Gasteiger partial charge < -0.3 is 5.32 Å². The molecule has 1 aliphatic rings. The molecule has 0 unspecified atom stereocenters. The zero-order valence-electron chi connectivity index (χ0n) is 9.67. The summed E-state index contributed by atoms with van der Waals surface area (Å²) in [6, 6.07) is 0. The number of hydrogen-bond acceptors (Lipinski definition) is 2. The molecule has 0 bridgehead atoms. The van der Waals surface area contributed by atoms with Gasteiger partial charge in [0.2, 0.25) is 5.91 Å². The van der Waals surface area contributed by atoms with Crippen LogP contribution >= 0.6 is 23.2 Å². The first-order valence-electron chi connectivity index (χ1n) is 5.75. The number of aromatic nitrogens is 2. The molecule has 0 aliphatic heterocycles. The normalized spacial score (nSPS) is 15.0. The minimum atomic E-state index is 0.172. The zero-order valence-corrected chi connectivity index (χ0v) is 11.2. The molecule has 17 heavy (non-hydrogen) atoms. The van der Waals surface area contributed by atoms with Crippen molar-refractivity contribution in [3.8, 4) is 0 Å². The third kappa shape index (κ3) is 3.13. The Balaban J connectivity index is 1.74. The first-order chi connectivity index (χ1) is 8.09. The van der Waals surface area contributed by atoms with Crippen LogP contribution in [0.1, 0.15) is 25.0 Å². The van der Waals surface area contributed by atoms with Gasteiger partial charge in [-0.1, -0.05) is 23.2 Å². The molecule has 94 valence electrons. The van der Waals surface area contributed by atoms with Crippen molar-refractivity contribution < 1.29 is 4.79 Å². The number of amides is 1. The number of halogens is 2. The number of rotatable bonds is 5. The van der Waals surface area contributed by atoms with E-state index in [0.29, 0.717) is 23.3 Å². The van der Waals surface area contributed by atoms with E-state index in [2.05, 4.69) is 10.4 Å². The van der Waals surface area contributed by atoms with Crippen LogP contribution in [0.4, 0.5) is 0 Å². The smallest absolute Gasteiger partial charge is 0.223 e. The Labute approximate surface area is 110 Å². The molecule has 1 aromatic rings. The van der Waals surface area contributed by atoms with Crippen LogP contribution < -0.4 is 5.32 Å². The lowest BCUT2D eigenvalue weighted by Gasteiger charge is -2.05. The third-order valence-electron chi connectivity index (χ3n) is 2.79. The minimum Gasteiger partial charge on any atom is -0.356 e. The van der Waals surface area contributed by atoms with E-state index in [9.17, 15) is 4.79 Å². The van der Waals surface area contributed by atoms with Crippen molar-refractivity contribution >= 4 is 29.1 Å². The second-order valence-corrected chi connectivity index (χ2v) is 5.07. The minimum absolute atomic E-state index is 0.172. The molecule has 1 heterocycles. The zero-order chi connectivity index (χ0) is 12.4. The Kier molecular flexibility index (Phi) is 3.94. The molecule has 0 spiro atoms. The molecule has 1 amide bonds. The van der Waals surface area contributed by atoms with Crippen LogP contribution in [0.5, 0.6) is 0 Å². The highest BCUT2D eigenvalue weighted by atomic mass is 35.5. The molecular weight excluding hydrogens is 261 g/mol. The van der Waals surface area contributed by atoms with E-state index < -0.39 is 0 Å². The van der Waals surface area contributed by atoms with Gasteiger partial charge in [0.15, 0.2) is 0 Å². The van der Waals surface area contributed by atoms with Crippen molar-refractivity contribution in [1.29, 1.82) is 0 Å². The number of nitrogens with zero attached hydrogens (tertiary/aromatic N) is 2. The number of carbonyl (C=O) groups is 1. The number of nitrogens with one attached hydrogen (secondary N) is 1. The van der Waals surface area contributed by atoms with Crippen LogP contribution in [0.25, 0.3) is 0 Å². The predicted octanol–water partition coefficient (Wildman–Crippen LogP) is 2.41. The molecule has 0 atom stereocenters. The van der Waals surface area contributed by atoms with Crippen LogP contribution in [0.15, 0.2) is 0 Å². The van der Waals surface area contributed by atoms with Gasteiger partial charge in [0.05, 0.1) is 5.69 Å². The van der Waals surface area contributed by atoms with E-state index in [1.807, 2.05) is 6.92 Å². The maximum atomic E-state index is 11.4. The monoisotopic (exact) mass is 275 g/mol. The molecule has 0 saturated heterocycles. The summed E-state index contributed by atoms with van der Waals surface area (Å²) in [6.45, 7) is 3.14. The van der Waals surface area contributed by atoms with E-state index >= 15 is 0 Å². The Hall–Kier alpha value is -0.740. The highest BCUT2D eigenvalue weighted by Crippen LogP contribution is 2.28. The van der Waals surface area contributed by atoms with Gasteiger partial charge in [-0.25, -0.2) is 0 Å². The summed E-state index contributed by atoms with van der Waals surface area (Å²) < 4.78 is 1.67. The van der Waals surface area contributed by atoms with Crippen LogP contribution in [0.2, 0.25) is 10.2 Å². The number of carbonyl (C=O) groups excluding carboxylic acids is 1. The van der Waals surface area contributed by atoms with Crippen LogP contribution in [0, 0.1) is 12.8 Å². The average molecular weight is 276 g/mol. The van der Waals surface area contributed by atoms with E-state index in [4.69, 9.17) is 23.2 Å². The Morgan fingerprint density at radius 3 is 2.76 bits per heavy atom. The largest absolute Gasteiger partial charge is 0.356 e. The summed E-state index contributed by atoms with van der Waals surface area (Å²) in [5, 5.41) is 8.09. The first-order valence-corrected chi connectivity index (χ1v) is 6.51. The maximum Gasteiger partial charge on any atom is 0.223 e. The quantitative estimate of drug-likeness (QED) is 0.839. The van der Waals surface area contributed by atoms with Crippen molar-refractivity contribution in [3.63, 3.8) is 0 Å². The molecule has 1 aliphatic carbocycles.